The van der Waals surface area contributed by atoms with Crippen LogP contribution >= 0.6 is 0 Å². The summed E-state index contributed by atoms with van der Waals surface area (Å²) < 4.78 is 0. The second-order valence-corrected chi connectivity index (χ2v) is 11.0. The molecular formula is C28H35N7O2. The summed E-state index contributed by atoms with van der Waals surface area (Å²) in [5, 5.41) is 11.7. The van der Waals surface area contributed by atoms with Crippen LogP contribution in [-0.2, 0) is 10.3 Å². The largest absolute Gasteiger partial charge is 0.321 e. The van der Waals surface area contributed by atoms with Crippen LogP contribution in [0.2, 0.25) is 0 Å². The van der Waals surface area contributed by atoms with Crippen molar-refractivity contribution in [3.63, 3.8) is 0 Å². The number of amides is 3. The maximum Gasteiger partial charge on any atom is 0.321 e. The Labute approximate surface area is 218 Å². The number of aromatic nitrogens is 2. The molecular weight excluding hydrogens is 466 g/mol. The highest BCUT2D eigenvalue weighted by atomic mass is 16.2. The maximum atomic E-state index is 13.7. The molecule has 9 heteroatoms. The standard InChI is InChI=1S/C28H35N7O2/c1-33(2)28(22-9-4-3-5-10-22)14-12-27(13-15-28)20-34(26(37)35(27)18-21-7-6-8-21)19-24(36)32-25-30-16-11-23(17-29)31-25/h3-5,9-11,16,21H,6-8,12-15,18-20H2,1-2H3,(H,30,31,32,36)/t27-,28+. The Hall–Kier alpha value is -3.51. The first-order chi connectivity index (χ1) is 17.8. The molecule has 0 bridgehead atoms. The fraction of sp³-hybridized carbons (Fsp3) is 0.536. The molecule has 1 N–H and O–H groups in total. The third kappa shape index (κ3) is 4.78. The molecule has 1 spiro atoms. The number of nitrogens with one attached hydrogen (secondary N) is 1. The lowest BCUT2D eigenvalue weighted by Gasteiger charge is -2.51. The molecule has 1 aromatic carbocycles. The molecule has 3 aliphatic rings. The normalized spacial score (nSPS) is 25.8. The minimum absolute atomic E-state index is 0.0502. The maximum absolute atomic E-state index is 13.7. The van der Waals surface area contributed by atoms with Gasteiger partial charge >= 0.3 is 6.03 Å². The van der Waals surface area contributed by atoms with Gasteiger partial charge in [0.2, 0.25) is 11.9 Å². The fourth-order valence-corrected chi connectivity index (χ4v) is 6.33. The molecule has 2 aliphatic carbocycles. The second-order valence-electron chi connectivity index (χ2n) is 11.0. The minimum atomic E-state index is -0.355. The van der Waals surface area contributed by atoms with E-state index in [1.54, 1.807) is 4.90 Å². The second kappa shape index (κ2) is 10.1. The molecule has 37 heavy (non-hydrogen) atoms. The summed E-state index contributed by atoms with van der Waals surface area (Å²) in [4.78, 5) is 40.7. The van der Waals surface area contributed by atoms with Crippen LogP contribution in [-0.4, -0.2) is 75.9 Å². The highest BCUT2D eigenvalue weighted by molar-refractivity contribution is 5.93. The summed E-state index contributed by atoms with van der Waals surface area (Å²) in [5.74, 6) is 0.270. The zero-order chi connectivity index (χ0) is 26.0. The van der Waals surface area contributed by atoms with Gasteiger partial charge in [-0.3, -0.25) is 15.0 Å². The molecule has 1 saturated heterocycles. The van der Waals surface area contributed by atoms with Crippen molar-refractivity contribution in [1.29, 1.82) is 5.26 Å². The van der Waals surface area contributed by atoms with Gasteiger partial charge in [-0.25, -0.2) is 14.8 Å². The molecule has 9 nitrogen and oxygen atoms in total. The van der Waals surface area contributed by atoms with Crippen LogP contribution < -0.4 is 5.32 Å². The first kappa shape index (κ1) is 25.2. The van der Waals surface area contributed by atoms with Gasteiger partial charge in [-0.1, -0.05) is 36.8 Å². The minimum Gasteiger partial charge on any atom is -0.317 e. The van der Waals surface area contributed by atoms with Gasteiger partial charge in [-0.05, 0) is 70.2 Å². The summed E-state index contributed by atoms with van der Waals surface area (Å²) in [6.07, 6.45) is 8.68. The van der Waals surface area contributed by atoms with Crippen LogP contribution in [0.15, 0.2) is 42.6 Å². The molecule has 2 heterocycles. The zero-order valence-electron chi connectivity index (χ0n) is 21.7. The molecule has 0 radical (unpaired) electrons. The topological polar surface area (TPSA) is 105 Å². The van der Waals surface area contributed by atoms with Crippen LogP contribution in [0.25, 0.3) is 0 Å². The van der Waals surface area contributed by atoms with Gasteiger partial charge in [0.05, 0.1) is 5.54 Å². The summed E-state index contributed by atoms with van der Waals surface area (Å²) >= 11 is 0. The monoisotopic (exact) mass is 501 g/mol. The Morgan fingerprint density at radius 1 is 1.16 bits per heavy atom. The van der Waals surface area contributed by atoms with E-state index in [4.69, 9.17) is 5.26 Å². The van der Waals surface area contributed by atoms with Crippen molar-refractivity contribution in [2.75, 3.05) is 39.0 Å². The number of rotatable bonds is 7. The molecule has 3 amide bonds. The molecule has 0 unspecified atom stereocenters. The van der Waals surface area contributed by atoms with E-state index in [1.807, 2.05) is 6.07 Å². The molecule has 3 fully saturated rings. The Morgan fingerprint density at radius 3 is 2.51 bits per heavy atom. The van der Waals surface area contributed by atoms with Crippen molar-refractivity contribution >= 4 is 17.9 Å². The van der Waals surface area contributed by atoms with Gasteiger partial charge in [-0.2, -0.15) is 5.26 Å². The number of carbonyl (C=O) groups is 2. The van der Waals surface area contributed by atoms with Gasteiger partial charge in [0.15, 0.2) is 0 Å². The lowest BCUT2D eigenvalue weighted by atomic mass is 9.68. The molecule has 0 atom stereocenters. The van der Waals surface area contributed by atoms with Gasteiger partial charge < -0.3 is 9.80 Å². The van der Waals surface area contributed by atoms with Gasteiger partial charge in [0.1, 0.15) is 18.3 Å². The zero-order valence-corrected chi connectivity index (χ0v) is 21.7. The highest BCUT2D eigenvalue weighted by Crippen LogP contribution is 2.49. The summed E-state index contributed by atoms with van der Waals surface area (Å²) in [6, 6.07) is 14.1. The van der Waals surface area contributed by atoms with Gasteiger partial charge in [-0.15, -0.1) is 0 Å². The number of hydrogen-bond acceptors (Lipinski definition) is 6. The molecule has 1 aromatic heterocycles. The van der Waals surface area contributed by atoms with E-state index >= 15 is 0 Å². The lowest BCUT2D eigenvalue weighted by Crippen LogP contribution is -2.56. The fourth-order valence-electron chi connectivity index (χ4n) is 6.33. The van der Waals surface area contributed by atoms with Crippen LogP contribution in [0.1, 0.15) is 56.2 Å². The smallest absolute Gasteiger partial charge is 0.317 e. The first-order valence-corrected chi connectivity index (χ1v) is 13.2. The van der Waals surface area contributed by atoms with E-state index in [2.05, 4.69) is 69.5 Å². The number of hydrogen-bond donors (Lipinski definition) is 1. The number of carbonyl (C=O) groups excluding carboxylic acids is 2. The highest BCUT2D eigenvalue weighted by Gasteiger charge is 2.55. The molecule has 5 rings (SSSR count). The number of nitrogens with zero attached hydrogens (tertiary/aromatic N) is 6. The van der Waals surface area contributed by atoms with Crippen LogP contribution in [0, 0.1) is 17.2 Å². The van der Waals surface area contributed by atoms with Gasteiger partial charge in [0.25, 0.3) is 0 Å². The Balaban J connectivity index is 1.34. The summed E-state index contributed by atoms with van der Waals surface area (Å²) in [5.41, 5.74) is 1.17. The molecule has 2 saturated carbocycles. The van der Waals surface area contributed by atoms with E-state index in [0.29, 0.717) is 12.5 Å². The van der Waals surface area contributed by atoms with Crippen LogP contribution in [0.3, 0.4) is 0 Å². The Morgan fingerprint density at radius 2 is 1.89 bits per heavy atom. The van der Waals surface area contributed by atoms with Gasteiger partial charge in [0, 0.05) is 24.8 Å². The van der Waals surface area contributed by atoms with Crippen molar-refractivity contribution in [1.82, 2.24) is 24.7 Å². The van der Waals surface area contributed by atoms with E-state index in [1.165, 1.54) is 37.1 Å². The van der Waals surface area contributed by atoms with Crippen molar-refractivity contribution in [2.24, 2.45) is 5.92 Å². The number of benzene rings is 1. The predicted octanol–water partition coefficient (Wildman–Crippen LogP) is 3.59. The molecule has 194 valence electrons. The first-order valence-electron chi connectivity index (χ1n) is 13.2. The van der Waals surface area contributed by atoms with E-state index in [0.717, 1.165) is 32.2 Å². The van der Waals surface area contributed by atoms with Crippen LogP contribution in [0.4, 0.5) is 10.7 Å². The van der Waals surface area contributed by atoms with E-state index in [9.17, 15) is 9.59 Å². The lowest BCUT2D eigenvalue weighted by molar-refractivity contribution is -0.116. The van der Waals surface area contributed by atoms with Crippen LogP contribution in [0.5, 0.6) is 0 Å². The van der Waals surface area contributed by atoms with Crippen molar-refractivity contribution < 1.29 is 9.59 Å². The average molecular weight is 502 g/mol. The predicted molar refractivity (Wildman–Crippen MR) is 139 cm³/mol. The average Bonchev–Trinajstić information content (AvgIpc) is 3.12. The third-order valence-corrected chi connectivity index (χ3v) is 8.76. The van der Waals surface area contributed by atoms with E-state index in [-0.39, 0.29) is 41.2 Å². The van der Waals surface area contributed by atoms with Crippen molar-refractivity contribution in [3.05, 3.63) is 53.9 Å². The number of anilines is 1. The summed E-state index contributed by atoms with van der Waals surface area (Å²) in [7, 11) is 4.30. The van der Waals surface area contributed by atoms with E-state index < -0.39 is 0 Å². The number of urea groups is 1. The Kier molecular flexibility index (Phi) is 6.86. The molecule has 2 aromatic rings. The number of nitriles is 1. The molecule has 1 aliphatic heterocycles. The summed E-state index contributed by atoms with van der Waals surface area (Å²) in [6.45, 7) is 1.26. The quantitative estimate of drug-likeness (QED) is 0.622. The third-order valence-electron chi connectivity index (χ3n) is 8.76. The van der Waals surface area contributed by atoms with Crippen molar-refractivity contribution in [2.45, 2.75) is 56.0 Å². The van der Waals surface area contributed by atoms with Crippen molar-refractivity contribution in [3.8, 4) is 6.07 Å². The Bertz CT molecular complexity index is 1180. The SMILES string of the molecule is CN(C)[C@]1(c2ccccc2)CC[C@]2(CC1)CN(CC(=O)Nc1nccc(C#N)n1)C(=O)N2CC1CCC1.